The summed E-state index contributed by atoms with van der Waals surface area (Å²) in [5.74, 6) is 2.25. The summed E-state index contributed by atoms with van der Waals surface area (Å²) in [6.07, 6.45) is 0. The van der Waals surface area contributed by atoms with Crippen molar-refractivity contribution in [2.75, 3.05) is 13.8 Å². The first-order valence-corrected chi connectivity index (χ1v) is 6.83. The zero-order chi connectivity index (χ0) is 13.1. The van der Waals surface area contributed by atoms with Crippen LogP contribution < -0.4 is 19.5 Å². The second kappa shape index (κ2) is 5.46. The van der Waals surface area contributed by atoms with Crippen molar-refractivity contribution < 1.29 is 14.2 Å². The zero-order valence-electron chi connectivity index (χ0n) is 10.5. The third-order valence-electron chi connectivity index (χ3n) is 2.66. The summed E-state index contributed by atoms with van der Waals surface area (Å²) in [6, 6.07) is 5.56. The SMILES string of the molecule is CNCc1nc(COc2ccc3c(c2)OCO3)cs1. The Balaban J connectivity index is 1.62. The highest BCUT2D eigenvalue weighted by Gasteiger charge is 2.13. The molecule has 0 atom stereocenters. The number of aromatic nitrogens is 1. The molecule has 1 aromatic heterocycles. The lowest BCUT2D eigenvalue weighted by atomic mass is 10.3. The maximum atomic E-state index is 5.70. The van der Waals surface area contributed by atoms with Gasteiger partial charge in [-0.3, -0.25) is 0 Å². The van der Waals surface area contributed by atoms with Crippen molar-refractivity contribution in [1.29, 1.82) is 0 Å². The molecule has 1 N–H and O–H groups in total. The third-order valence-corrected chi connectivity index (χ3v) is 3.56. The van der Waals surface area contributed by atoms with E-state index in [-0.39, 0.29) is 6.79 Å². The summed E-state index contributed by atoms with van der Waals surface area (Å²) in [5.41, 5.74) is 0.938. The Kier molecular flexibility index (Phi) is 3.52. The fraction of sp³-hybridized carbons (Fsp3) is 0.308. The van der Waals surface area contributed by atoms with E-state index in [2.05, 4.69) is 10.3 Å². The Morgan fingerprint density at radius 1 is 1.37 bits per heavy atom. The molecule has 6 heteroatoms. The monoisotopic (exact) mass is 278 g/mol. The molecule has 0 unspecified atom stereocenters. The lowest BCUT2D eigenvalue weighted by molar-refractivity contribution is 0.173. The Morgan fingerprint density at radius 3 is 3.16 bits per heavy atom. The molecule has 1 aliphatic rings. The number of thiazole rings is 1. The highest BCUT2D eigenvalue weighted by Crippen LogP contribution is 2.35. The topological polar surface area (TPSA) is 52.6 Å². The molecule has 0 bridgehead atoms. The van der Waals surface area contributed by atoms with E-state index in [1.54, 1.807) is 11.3 Å². The van der Waals surface area contributed by atoms with Crippen LogP contribution in [-0.2, 0) is 13.2 Å². The van der Waals surface area contributed by atoms with Gasteiger partial charge in [0.2, 0.25) is 6.79 Å². The third kappa shape index (κ3) is 2.80. The van der Waals surface area contributed by atoms with Crippen molar-refractivity contribution in [3.63, 3.8) is 0 Å². The molecule has 1 aromatic carbocycles. The smallest absolute Gasteiger partial charge is 0.231 e. The van der Waals surface area contributed by atoms with Crippen LogP contribution in [0, 0.1) is 0 Å². The van der Waals surface area contributed by atoms with Gasteiger partial charge in [-0.15, -0.1) is 11.3 Å². The summed E-state index contributed by atoms with van der Waals surface area (Å²) in [6.45, 7) is 1.52. The van der Waals surface area contributed by atoms with Gasteiger partial charge in [0.05, 0.1) is 5.69 Å². The standard InChI is InChI=1S/C13H14N2O3S/c1-14-5-13-15-9(7-19-13)6-16-10-2-3-11-12(4-10)18-8-17-11/h2-4,7,14H,5-6,8H2,1H3. The number of nitrogens with zero attached hydrogens (tertiary/aromatic N) is 1. The average Bonchev–Trinajstić information content (AvgIpc) is 3.04. The lowest BCUT2D eigenvalue weighted by Crippen LogP contribution is -2.05. The van der Waals surface area contributed by atoms with E-state index in [1.165, 1.54) is 0 Å². The molecular formula is C13H14N2O3S. The van der Waals surface area contributed by atoms with Crippen LogP contribution in [0.1, 0.15) is 10.7 Å². The first-order chi connectivity index (χ1) is 9.35. The van der Waals surface area contributed by atoms with E-state index in [9.17, 15) is 0 Å². The van der Waals surface area contributed by atoms with Crippen LogP contribution in [0.2, 0.25) is 0 Å². The van der Waals surface area contributed by atoms with Gasteiger partial charge in [-0.25, -0.2) is 4.98 Å². The molecule has 5 nitrogen and oxygen atoms in total. The Morgan fingerprint density at radius 2 is 2.26 bits per heavy atom. The van der Waals surface area contributed by atoms with Gasteiger partial charge in [0, 0.05) is 18.0 Å². The number of nitrogens with one attached hydrogen (secondary N) is 1. The molecule has 100 valence electrons. The van der Waals surface area contributed by atoms with Gasteiger partial charge >= 0.3 is 0 Å². The highest BCUT2D eigenvalue weighted by atomic mass is 32.1. The van der Waals surface area contributed by atoms with Crippen molar-refractivity contribution in [3.05, 3.63) is 34.3 Å². The van der Waals surface area contributed by atoms with Crippen molar-refractivity contribution in [1.82, 2.24) is 10.3 Å². The first kappa shape index (κ1) is 12.3. The quantitative estimate of drug-likeness (QED) is 0.908. The summed E-state index contributed by atoms with van der Waals surface area (Å²) >= 11 is 1.63. The Hall–Kier alpha value is -1.79. The second-order valence-electron chi connectivity index (χ2n) is 4.07. The van der Waals surface area contributed by atoms with Crippen LogP contribution in [0.4, 0.5) is 0 Å². The number of hydrogen-bond acceptors (Lipinski definition) is 6. The minimum Gasteiger partial charge on any atom is -0.487 e. The molecule has 0 spiro atoms. The summed E-state index contributed by atoms with van der Waals surface area (Å²) in [5, 5.41) is 6.15. The van der Waals surface area contributed by atoms with Crippen molar-refractivity contribution in [2.24, 2.45) is 0 Å². The largest absolute Gasteiger partial charge is 0.487 e. The predicted octanol–water partition coefficient (Wildman–Crippen LogP) is 2.17. The van der Waals surface area contributed by atoms with Crippen LogP contribution in [-0.4, -0.2) is 18.8 Å². The minimum absolute atomic E-state index is 0.276. The van der Waals surface area contributed by atoms with E-state index < -0.39 is 0 Å². The van der Waals surface area contributed by atoms with E-state index in [0.29, 0.717) is 6.61 Å². The Bertz CT molecular complexity index is 571. The van der Waals surface area contributed by atoms with Gasteiger partial charge in [0.1, 0.15) is 17.4 Å². The number of ether oxygens (including phenoxy) is 3. The van der Waals surface area contributed by atoms with Gasteiger partial charge in [-0.1, -0.05) is 0 Å². The zero-order valence-corrected chi connectivity index (χ0v) is 11.3. The minimum atomic E-state index is 0.276. The Labute approximate surface area is 115 Å². The molecule has 0 saturated heterocycles. The van der Waals surface area contributed by atoms with Crippen LogP contribution in [0.5, 0.6) is 17.2 Å². The molecule has 0 aliphatic carbocycles. The number of fused-ring (bicyclic) bond motifs is 1. The maximum Gasteiger partial charge on any atom is 0.231 e. The van der Waals surface area contributed by atoms with Crippen LogP contribution in [0.25, 0.3) is 0 Å². The first-order valence-electron chi connectivity index (χ1n) is 5.95. The fourth-order valence-electron chi connectivity index (χ4n) is 1.77. The highest BCUT2D eigenvalue weighted by molar-refractivity contribution is 7.09. The second-order valence-corrected chi connectivity index (χ2v) is 5.01. The van der Waals surface area contributed by atoms with Crippen molar-refractivity contribution in [3.8, 4) is 17.2 Å². The van der Waals surface area contributed by atoms with Gasteiger partial charge < -0.3 is 19.5 Å². The summed E-state index contributed by atoms with van der Waals surface area (Å²) < 4.78 is 16.3. The van der Waals surface area contributed by atoms with Gasteiger partial charge in [-0.05, 0) is 19.2 Å². The molecule has 2 aromatic rings. The van der Waals surface area contributed by atoms with E-state index in [1.807, 2.05) is 30.6 Å². The predicted molar refractivity (Wildman–Crippen MR) is 71.8 cm³/mol. The summed E-state index contributed by atoms with van der Waals surface area (Å²) in [4.78, 5) is 4.46. The molecular weight excluding hydrogens is 264 g/mol. The van der Waals surface area contributed by atoms with Crippen LogP contribution in [0.15, 0.2) is 23.6 Å². The van der Waals surface area contributed by atoms with E-state index in [4.69, 9.17) is 14.2 Å². The molecule has 0 amide bonds. The number of hydrogen-bond donors (Lipinski definition) is 1. The fourth-order valence-corrected chi connectivity index (χ4v) is 2.56. The molecule has 0 fully saturated rings. The molecule has 0 saturated carbocycles. The molecule has 0 radical (unpaired) electrons. The maximum absolute atomic E-state index is 5.70. The molecule has 3 rings (SSSR count). The van der Waals surface area contributed by atoms with Crippen LogP contribution >= 0.6 is 11.3 Å². The molecule has 19 heavy (non-hydrogen) atoms. The van der Waals surface area contributed by atoms with E-state index >= 15 is 0 Å². The molecule has 1 aliphatic heterocycles. The number of benzene rings is 1. The van der Waals surface area contributed by atoms with Crippen LogP contribution in [0.3, 0.4) is 0 Å². The van der Waals surface area contributed by atoms with Crippen molar-refractivity contribution >= 4 is 11.3 Å². The van der Waals surface area contributed by atoms with Gasteiger partial charge in [-0.2, -0.15) is 0 Å². The lowest BCUT2D eigenvalue weighted by Gasteiger charge is -2.05. The average molecular weight is 278 g/mol. The number of rotatable bonds is 5. The van der Waals surface area contributed by atoms with Gasteiger partial charge in [0.15, 0.2) is 11.5 Å². The van der Waals surface area contributed by atoms with Crippen molar-refractivity contribution in [2.45, 2.75) is 13.2 Å². The molecule has 2 heterocycles. The normalized spacial score (nSPS) is 12.7. The summed E-state index contributed by atoms with van der Waals surface area (Å²) in [7, 11) is 1.91. The van der Waals surface area contributed by atoms with Gasteiger partial charge in [0.25, 0.3) is 0 Å². The van der Waals surface area contributed by atoms with E-state index in [0.717, 1.165) is 34.5 Å².